The zero-order chi connectivity index (χ0) is 23.5. The SMILES string of the molecule is COc1ccc(C(=O)NC(=S)Nc2ccc3oc(-c4ccc(OC)c(Br)c4)nc3c2)cc1Br. The second-order valence-electron chi connectivity index (χ2n) is 6.81. The van der Waals surface area contributed by atoms with Crippen LogP contribution in [0.1, 0.15) is 10.4 Å². The van der Waals surface area contributed by atoms with Crippen LogP contribution in [0.2, 0.25) is 0 Å². The molecule has 4 rings (SSSR count). The first-order valence-electron chi connectivity index (χ1n) is 9.58. The van der Waals surface area contributed by atoms with E-state index in [0.717, 1.165) is 15.8 Å². The summed E-state index contributed by atoms with van der Waals surface area (Å²) in [6, 6.07) is 16.0. The molecule has 0 aliphatic rings. The molecule has 3 aromatic carbocycles. The largest absolute Gasteiger partial charge is 0.496 e. The fourth-order valence-corrected chi connectivity index (χ4v) is 4.37. The number of fused-ring (bicyclic) bond motifs is 1. The Kier molecular flexibility index (Phi) is 6.96. The van der Waals surface area contributed by atoms with Crippen molar-refractivity contribution in [2.45, 2.75) is 0 Å². The van der Waals surface area contributed by atoms with E-state index in [4.69, 9.17) is 26.1 Å². The molecule has 0 saturated carbocycles. The van der Waals surface area contributed by atoms with Crippen LogP contribution in [-0.2, 0) is 0 Å². The van der Waals surface area contributed by atoms with Crippen molar-refractivity contribution in [3.8, 4) is 23.0 Å². The molecule has 0 fully saturated rings. The number of ether oxygens (including phenoxy) is 2. The minimum atomic E-state index is -0.342. The van der Waals surface area contributed by atoms with Crippen molar-refractivity contribution in [2.75, 3.05) is 19.5 Å². The Bertz CT molecular complexity index is 1370. The van der Waals surface area contributed by atoms with Gasteiger partial charge in [-0.1, -0.05) is 0 Å². The molecule has 168 valence electrons. The maximum atomic E-state index is 12.5. The molecule has 0 saturated heterocycles. The number of oxazole rings is 1. The molecular weight excluding hydrogens is 574 g/mol. The van der Waals surface area contributed by atoms with Gasteiger partial charge in [0.2, 0.25) is 5.89 Å². The lowest BCUT2D eigenvalue weighted by molar-refractivity contribution is 0.0977. The molecule has 0 bridgehead atoms. The number of amides is 1. The summed E-state index contributed by atoms with van der Waals surface area (Å²) in [5.41, 5.74) is 3.19. The fourth-order valence-electron chi connectivity index (χ4n) is 3.07. The quantitative estimate of drug-likeness (QED) is 0.269. The van der Waals surface area contributed by atoms with Crippen LogP contribution in [0.3, 0.4) is 0 Å². The van der Waals surface area contributed by atoms with Gasteiger partial charge in [0, 0.05) is 16.8 Å². The van der Waals surface area contributed by atoms with Crippen LogP contribution in [0.4, 0.5) is 5.69 Å². The summed E-state index contributed by atoms with van der Waals surface area (Å²) in [4.78, 5) is 17.1. The van der Waals surface area contributed by atoms with E-state index in [0.29, 0.717) is 38.5 Å². The van der Waals surface area contributed by atoms with Gasteiger partial charge in [-0.2, -0.15) is 0 Å². The van der Waals surface area contributed by atoms with Gasteiger partial charge in [0.1, 0.15) is 17.0 Å². The third-order valence-corrected chi connectivity index (χ3v) is 6.13. The zero-order valence-corrected chi connectivity index (χ0v) is 21.4. The maximum absolute atomic E-state index is 12.5. The average Bonchev–Trinajstić information content (AvgIpc) is 3.22. The summed E-state index contributed by atoms with van der Waals surface area (Å²) in [6.45, 7) is 0. The lowest BCUT2D eigenvalue weighted by Gasteiger charge is -2.10. The molecule has 1 amide bonds. The number of thiocarbonyl (C=S) groups is 1. The van der Waals surface area contributed by atoms with E-state index < -0.39 is 0 Å². The molecule has 2 N–H and O–H groups in total. The van der Waals surface area contributed by atoms with E-state index in [1.54, 1.807) is 50.6 Å². The van der Waals surface area contributed by atoms with Crippen molar-refractivity contribution in [1.29, 1.82) is 0 Å². The molecule has 33 heavy (non-hydrogen) atoms. The predicted octanol–water partition coefficient (Wildman–Crippen LogP) is 6.16. The molecule has 0 spiro atoms. The van der Waals surface area contributed by atoms with Crippen LogP contribution < -0.4 is 20.1 Å². The van der Waals surface area contributed by atoms with Crippen molar-refractivity contribution in [3.05, 3.63) is 69.1 Å². The lowest BCUT2D eigenvalue weighted by Crippen LogP contribution is -2.34. The highest BCUT2D eigenvalue weighted by molar-refractivity contribution is 9.10. The molecule has 1 aromatic heterocycles. The van der Waals surface area contributed by atoms with Gasteiger partial charge in [-0.05, 0) is 98.7 Å². The summed E-state index contributed by atoms with van der Waals surface area (Å²) >= 11 is 12.1. The molecular formula is C23H17Br2N3O4S. The van der Waals surface area contributed by atoms with E-state index in [2.05, 4.69) is 47.5 Å². The zero-order valence-electron chi connectivity index (χ0n) is 17.4. The Morgan fingerprint density at radius 1 is 0.970 bits per heavy atom. The molecule has 4 aromatic rings. The predicted molar refractivity (Wildman–Crippen MR) is 138 cm³/mol. The van der Waals surface area contributed by atoms with E-state index in [1.165, 1.54) is 0 Å². The first-order valence-corrected chi connectivity index (χ1v) is 11.6. The molecule has 10 heteroatoms. The van der Waals surface area contributed by atoms with E-state index >= 15 is 0 Å². The first-order chi connectivity index (χ1) is 15.9. The standard InChI is InChI=1S/C23H17Br2N3O4S/c1-30-18-6-3-12(9-15(18)24)21(29)28-23(33)26-14-5-8-20-17(11-14)27-22(32-20)13-4-7-19(31-2)16(25)10-13/h3-11H,1-2H3,(H2,26,28,29,33). The minimum absolute atomic E-state index is 0.161. The molecule has 0 aliphatic carbocycles. The normalized spacial score (nSPS) is 10.7. The van der Waals surface area contributed by atoms with Gasteiger partial charge in [0.05, 0.1) is 23.2 Å². The number of nitrogens with one attached hydrogen (secondary N) is 2. The highest BCUT2D eigenvalue weighted by Crippen LogP contribution is 2.32. The van der Waals surface area contributed by atoms with Crippen molar-refractivity contribution >= 4 is 71.9 Å². The summed E-state index contributed by atoms with van der Waals surface area (Å²) < 4.78 is 17.8. The van der Waals surface area contributed by atoms with Gasteiger partial charge >= 0.3 is 0 Å². The van der Waals surface area contributed by atoms with Crippen LogP contribution in [-0.4, -0.2) is 30.2 Å². The Labute approximate surface area is 211 Å². The van der Waals surface area contributed by atoms with Crippen LogP contribution in [0.5, 0.6) is 11.5 Å². The highest BCUT2D eigenvalue weighted by Gasteiger charge is 2.13. The lowest BCUT2D eigenvalue weighted by atomic mass is 10.2. The molecule has 0 radical (unpaired) electrons. The number of hydrogen-bond acceptors (Lipinski definition) is 6. The van der Waals surface area contributed by atoms with E-state index in [1.807, 2.05) is 18.2 Å². The van der Waals surface area contributed by atoms with Crippen molar-refractivity contribution in [2.24, 2.45) is 0 Å². The van der Waals surface area contributed by atoms with Gasteiger partial charge < -0.3 is 19.2 Å². The topological polar surface area (TPSA) is 85.6 Å². The Morgan fingerprint density at radius 2 is 1.67 bits per heavy atom. The Morgan fingerprint density at radius 3 is 2.33 bits per heavy atom. The second kappa shape index (κ2) is 9.90. The molecule has 7 nitrogen and oxygen atoms in total. The number of rotatable bonds is 5. The van der Waals surface area contributed by atoms with Crippen LogP contribution in [0.15, 0.2) is 68.0 Å². The fraction of sp³-hybridized carbons (Fsp3) is 0.0870. The summed E-state index contributed by atoms with van der Waals surface area (Å²) in [6.07, 6.45) is 0. The third kappa shape index (κ3) is 5.18. The van der Waals surface area contributed by atoms with Gasteiger partial charge in [0.15, 0.2) is 10.7 Å². The van der Waals surface area contributed by atoms with Crippen LogP contribution >= 0.6 is 44.1 Å². The first kappa shape index (κ1) is 23.2. The van der Waals surface area contributed by atoms with Gasteiger partial charge in [-0.3, -0.25) is 10.1 Å². The van der Waals surface area contributed by atoms with Gasteiger partial charge in [0.25, 0.3) is 5.91 Å². The number of anilines is 1. The number of methoxy groups -OCH3 is 2. The van der Waals surface area contributed by atoms with E-state index in [9.17, 15) is 4.79 Å². The third-order valence-electron chi connectivity index (χ3n) is 4.69. The van der Waals surface area contributed by atoms with Crippen molar-refractivity contribution in [1.82, 2.24) is 10.3 Å². The minimum Gasteiger partial charge on any atom is -0.496 e. The second-order valence-corrected chi connectivity index (χ2v) is 8.93. The average molecular weight is 591 g/mol. The molecule has 0 unspecified atom stereocenters. The molecule has 0 atom stereocenters. The number of carbonyl (C=O) groups excluding carboxylic acids is 1. The number of nitrogens with zero attached hydrogens (tertiary/aromatic N) is 1. The summed E-state index contributed by atoms with van der Waals surface area (Å²) in [7, 11) is 3.17. The van der Waals surface area contributed by atoms with Crippen LogP contribution in [0, 0.1) is 0 Å². The van der Waals surface area contributed by atoms with Gasteiger partial charge in [-0.15, -0.1) is 0 Å². The smallest absolute Gasteiger partial charge is 0.257 e. The number of carbonyl (C=O) groups is 1. The van der Waals surface area contributed by atoms with Crippen molar-refractivity contribution < 1.29 is 18.7 Å². The monoisotopic (exact) mass is 589 g/mol. The van der Waals surface area contributed by atoms with Gasteiger partial charge in [-0.25, -0.2) is 4.98 Å². The number of benzene rings is 3. The Hall–Kier alpha value is -2.95. The highest BCUT2D eigenvalue weighted by atomic mass is 79.9. The molecule has 0 aliphatic heterocycles. The van der Waals surface area contributed by atoms with E-state index in [-0.39, 0.29) is 11.0 Å². The van der Waals surface area contributed by atoms with Crippen molar-refractivity contribution in [3.63, 3.8) is 0 Å². The summed E-state index contributed by atoms with van der Waals surface area (Å²) in [5.74, 6) is 1.49. The van der Waals surface area contributed by atoms with Crippen LogP contribution in [0.25, 0.3) is 22.6 Å². The number of aromatic nitrogens is 1. The molecule has 1 heterocycles. The number of halogens is 2. The Balaban J connectivity index is 1.47. The maximum Gasteiger partial charge on any atom is 0.257 e. The number of hydrogen-bond donors (Lipinski definition) is 2. The summed E-state index contributed by atoms with van der Waals surface area (Å²) in [5, 5.41) is 5.83.